The van der Waals surface area contributed by atoms with Gasteiger partial charge in [0.25, 0.3) is 0 Å². The molecule has 0 saturated carbocycles. The van der Waals surface area contributed by atoms with E-state index < -0.39 is 16.4 Å². The summed E-state index contributed by atoms with van der Waals surface area (Å²) < 4.78 is 28.4. The van der Waals surface area contributed by atoms with E-state index in [9.17, 15) is 8.42 Å². The molecule has 6 heteroatoms. The highest BCUT2D eigenvalue weighted by Gasteiger charge is 2.15. The van der Waals surface area contributed by atoms with E-state index in [0.717, 1.165) is 0 Å². The van der Waals surface area contributed by atoms with Gasteiger partial charge in [0.1, 0.15) is 5.75 Å². The molecular weight excluding hydrogens is 252 g/mol. The summed E-state index contributed by atoms with van der Waals surface area (Å²) in [5, 5.41) is 8.89. The van der Waals surface area contributed by atoms with Crippen LogP contribution in [0.3, 0.4) is 0 Å². The van der Waals surface area contributed by atoms with Crippen LogP contribution in [0.2, 0.25) is 5.02 Å². The monoisotopic (exact) mass is 264 g/mol. The molecular formula is C10H13ClO4S. The molecule has 0 amide bonds. The Morgan fingerprint density at radius 3 is 2.62 bits per heavy atom. The second-order valence-electron chi connectivity index (χ2n) is 3.07. The smallest absolute Gasteiger partial charge is 0.180 e. The van der Waals surface area contributed by atoms with Crippen molar-refractivity contribution in [1.82, 2.24) is 0 Å². The zero-order valence-corrected chi connectivity index (χ0v) is 10.4. The molecule has 0 aliphatic rings. The third kappa shape index (κ3) is 3.10. The number of ether oxygens (including phenoxy) is 1. The molecule has 0 aliphatic heterocycles. The van der Waals surface area contributed by atoms with Gasteiger partial charge in [0.15, 0.2) is 9.84 Å². The zero-order chi connectivity index (χ0) is 12.2. The minimum absolute atomic E-state index is 0.0926. The van der Waals surface area contributed by atoms with Crippen LogP contribution in [0.15, 0.2) is 23.1 Å². The van der Waals surface area contributed by atoms with Crippen LogP contribution in [-0.2, 0) is 9.84 Å². The molecule has 0 saturated heterocycles. The SMILES string of the molecule is CCOc1ccc(S(=O)(=O)CCO)cc1Cl. The van der Waals surface area contributed by atoms with E-state index in [4.69, 9.17) is 21.4 Å². The van der Waals surface area contributed by atoms with Gasteiger partial charge in [-0.05, 0) is 25.1 Å². The maximum absolute atomic E-state index is 11.6. The summed E-state index contributed by atoms with van der Waals surface area (Å²) in [5.74, 6) is 0.143. The molecule has 1 rings (SSSR count). The van der Waals surface area contributed by atoms with Crippen LogP contribution in [-0.4, -0.2) is 32.5 Å². The van der Waals surface area contributed by atoms with Crippen LogP contribution in [0.5, 0.6) is 5.75 Å². The minimum atomic E-state index is -3.45. The van der Waals surface area contributed by atoms with Gasteiger partial charge in [0.2, 0.25) is 0 Å². The fraction of sp³-hybridized carbons (Fsp3) is 0.400. The number of aliphatic hydroxyl groups is 1. The van der Waals surface area contributed by atoms with Crippen LogP contribution in [0.4, 0.5) is 0 Å². The van der Waals surface area contributed by atoms with Crippen molar-refractivity contribution in [3.63, 3.8) is 0 Å². The van der Waals surface area contributed by atoms with Crippen LogP contribution < -0.4 is 4.74 Å². The number of benzene rings is 1. The first kappa shape index (κ1) is 13.3. The molecule has 0 aromatic heterocycles. The normalized spacial score (nSPS) is 11.4. The first-order valence-electron chi connectivity index (χ1n) is 4.77. The maximum Gasteiger partial charge on any atom is 0.180 e. The van der Waals surface area contributed by atoms with Crippen LogP contribution in [0.25, 0.3) is 0 Å². The molecule has 4 nitrogen and oxygen atoms in total. The topological polar surface area (TPSA) is 63.6 Å². The van der Waals surface area contributed by atoms with Crippen molar-refractivity contribution in [2.75, 3.05) is 19.0 Å². The highest BCUT2D eigenvalue weighted by molar-refractivity contribution is 7.91. The Balaban J connectivity index is 3.06. The average molecular weight is 265 g/mol. The second kappa shape index (κ2) is 5.52. The molecule has 16 heavy (non-hydrogen) atoms. The molecule has 90 valence electrons. The molecule has 1 aromatic carbocycles. The Morgan fingerprint density at radius 1 is 1.44 bits per heavy atom. The Morgan fingerprint density at radius 2 is 2.12 bits per heavy atom. The molecule has 0 unspecified atom stereocenters. The summed E-state index contributed by atoms with van der Waals surface area (Å²) >= 11 is 5.86. The molecule has 0 fully saturated rings. The Labute approximate surface area is 99.7 Å². The van der Waals surface area contributed by atoms with Crippen molar-refractivity contribution in [1.29, 1.82) is 0 Å². The first-order chi connectivity index (χ1) is 7.51. The van der Waals surface area contributed by atoms with E-state index in [-0.39, 0.29) is 15.7 Å². The predicted molar refractivity (Wildman–Crippen MR) is 61.8 cm³/mol. The maximum atomic E-state index is 11.6. The lowest BCUT2D eigenvalue weighted by Crippen LogP contribution is -2.10. The van der Waals surface area contributed by atoms with Gasteiger partial charge in [-0.2, -0.15) is 0 Å². The lowest BCUT2D eigenvalue weighted by molar-refractivity contribution is 0.319. The quantitative estimate of drug-likeness (QED) is 0.876. The van der Waals surface area contributed by atoms with E-state index in [0.29, 0.717) is 12.4 Å². The molecule has 0 aliphatic carbocycles. The highest BCUT2D eigenvalue weighted by Crippen LogP contribution is 2.27. The molecule has 0 bridgehead atoms. The molecule has 0 spiro atoms. The number of hydrogen-bond acceptors (Lipinski definition) is 4. The second-order valence-corrected chi connectivity index (χ2v) is 5.58. The van der Waals surface area contributed by atoms with E-state index in [2.05, 4.69) is 0 Å². The number of hydrogen-bond donors (Lipinski definition) is 1. The Hall–Kier alpha value is -0.780. The molecule has 0 radical (unpaired) electrons. The Bertz CT molecular complexity index is 456. The Kier molecular flexibility index (Phi) is 4.58. The molecule has 1 aromatic rings. The lowest BCUT2D eigenvalue weighted by Gasteiger charge is -2.07. The number of halogens is 1. The van der Waals surface area contributed by atoms with Gasteiger partial charge in [0.05, 0.1) is 28.9 Å². The molecule has 0 heterocycles. The number of aliphatic hydroxyl groups excluding tert-OH is 1. The van der Waals surface area contributed by atoms with Crippen molar-refractivity contribution in [3.8, 4) is 5.75 Å². The van der Waals surface area contributed by atoms with Crippen molar-refractivity contribution in [3.05, 3.63) is 23.2 Å². The summed E-state index contributed by atoms with van der Waals surface area (Å²) in [6.45, 7) is 1.86. The van der Waals surface area contributed by atoms with Gasteiger partial charge in [-0.25, -0.2) is 8.42 Å². The summed E-state index contributed by atoms with van der Waals surface area (Å²) in [6.07, 6.45) is 0. The van der Waals surface area contributed by atoms with Crippen molar-refractivity contribution in [2.24, 2.45) is 0 Å². The van der Waals surface area contributed by atoms with Gasteiger partial charge in [0, 0.05) is 0 Å². The number of sulfone groups is 1. The van der Waals surface area contributed by atoms with E-state index in [1.807, 2.05) is 6.92 Å². The fourth-order valence-electron chi connectivity index (χ4n) is 1.19. The van der Waals surface area contributed by atoms with Crippen LogP contribution in [0.1, 0.15) is 6.92 Å². The lowest BCUT2D eigenvalue weighted by atomic mass is 10.3. The molecule has 0 atom stereocenters. The summed E-state index contributed by atoms with van der Waals surface area (Å²) in [4.78, 5) is 0.0926. The number of rotatable bonds is 5. The first-order valence-corrected chi connectivity index (χ1v) is 6.80. The van der Waals surface area contributed by atoms with E-state index >= 15 is 0 Å². The predicted octanol–water partition coefficient (Wildman–Crippen LogP) is 1.50. The summed E-state index contributed by atoms with van der Waals surface area (Å²) in [5.41, 5.74) is 0. The third-order valence-corrected chi connectivity index (χ3v) is 3.91. The largest absolute Gasteiger partial charge is 0.492 e. The molecule has 1 N–H and O–H groups in total. The third-order valence-electron chi connectivity index (χ3n) is 1.92. The average Bonchev–Trinajstić information content (AvgIpc) is 2.21. The zero-order valence-electron chi connectivity index (χ0n) is 8.81. The van der Waals surface area contributed by atoms with E-state index in [1.54, 1.807) is 0 Å². The summed E-state index contributed by atoms with van der Waals surface area (Å²) in [6, 6.07) is 4.26. The van der Waals surface area contributed by atoms with Gasteiger partial charge < -0.3 is 9.84 Å². The van der Waals surface area contributed by atoms with Gasteiger partial charge >= 0.3 is 0 Å². The van der Waals surface area contributed by atoms with E-state index in [1.165, 1.54) is 18.2 Å². The standard InChI is InChI=1S/C10H13ClO4S/c1-2-15-10-4-3-8(7-9(10)11)16(13,14)6-5-12/h3-4,7,12H,2,5-6H2,1H3. The van der Waals surface area contributed by atoms with Gasteiger partial charge in [-0.15, -0.1) is 0 Å². The fourth-order valence-corrected chi connectivity index (χ4v) is 2.53. The summed E-state index contributed by atoms with van der Waals surface area (Å²) in [7, 11) is -3.45. The van der Waals surface area contributed by atoms with Crippen LogP contribution in [0, 0.1) is 0 Å². The van der Waals surface area contributed by atoms with Gasteiger partial charge in [-0.1, -0.05) is 11.6 Å². The minimum Gasteiger partial charge on any atom is -0.492 e. The van der Waals surface area contributed by atoms with Crippen molar-refractivity contribution < 1.29 is 18.3 Å². The van der Waals surface area contributed by atoms with Gasteiger partial charge in [-0.3, -0.25) is 0 Å². The van der Waals surface area contributed by atoms with Crippen molar-refractivity contribution >= 4 is 21.4 Å². The van der Waals surface area contributed by atoms with Crippen molar-refractivity contribution in [2.45, 2.75) is 11.8 Å². The highest BCUT2D eigenvalue weighted by atomic mass is 35.5. The van der Waals surface area contributed by atoms with Crippen LogP contribution >= 0.6 is 11.6 Å².